The van der Waals surface area contributed by atoms with Gasteiger partial charge in [0.05, 0.1) is 17.4 Å². The van der Waals surface area contributed by atoms with Gasteiger partial charge in [-0.3, -0.25) is 9.36 Å². The Morgan fingerprint density at radius 1 is 0.941 bits per heavy atom. The van der Waals surface area contributed by atoms with Crippen molar-refractivity contribution in [2.45, 2.75) is 17.5 Å². The lowest BCUT2D eigenvalue weighted by Gasteiger charge is -2.14. The van der Waals surface area contributed by atoms with Crippen molar-refractivity contribution in [2.24, 2.45) is 0 Å². The molecule has 0 radical (unpaired) electrons. The molecule has 0 aliphatic rings. The second kappa shape index (κ2) is 8.68. The molecule has 2 N–H and O–H groups in total. The van der Waals surface area contributed by atoms with E-state index in [1.807, 2.05) is 0 Å². The molecule has 170 valence electrons. The number of phenols is 2. The molecule has 0 fully saturated rings. The van der Waals surface area contributed by atoms with Crippen molar-refractivity contribution in [3.8, 4) is 11.5 Å². The van der Waals surface area contributed by atoms with Gasteiger partial charge in [-0.15, -0.1) is 0 Å². The van der Waals surface area contributed by atoms with E-state index in [9.17, 15) is 24.2 Å². The number of fused-ring (bicyclic) bond motifs is 2. The molecule has 0 aliphatic carbocycles. The number of phenolic OH excluding ortho intramolecular Hbond substituents is 2. The van der Waals surface area contributed by atoms with Crippen molar-refractivity contribution in [1.29, 1.82) is 0 Å². The van der Waals surface area contributed by atoms with E-state index in [-0.39, 0.29) is 35.0 Å². The Labute approximate surface area is 195 Å². The zero-order chi connectivity index (χ0) is 23.8. The molecule has 3 aromatic carbocycles. The van der Waals surface area contributed by atoms with E-state index in [1.54, 1.807) is 36.4 Å². The highest BCUT2D eigenvalue weighted by Gasteiger charge is 2.15. The molecular weight excluding hydrogens is 459 g/mol. The predicted molar refractivity (Wildman–Crippen MR) is 127 cm³/mol. The van der Waals surface area contributed by atoms with Gasteiger partial charge < -0.3 is 14.6 Å². The van der Waals surface area contributed by atoms with Gasteiger partial charge >= 0.3 is 5.63 Å². The second-order valence-electron chi connectivity index (χ2n) is 7.65. The van der Waals surface area contributed by atoms with Gasteiger partial charge in [-0.2, -0.15) is 0 Å². The maximum Gasteiger partial charge on any atom is 0.336 e. The number of thioether (sulfide) groups is 1. The Bertz CT molecular complexity index is 1660. The summed E-state index contributed by atoms with van der Waals surface area (Å²) in [6.45, 7) is 0.186. The number of aromatic hydroxyl groups is 2. The van der Waals surface area contributed by atoms with Crippen LogP contribution >= 0.6 is 11.8 Å². The van der Waals surface area contributed by atoms with E-state index in [4.69, 9.17) is 4.42 Å². The topological polar surface area (TPSA) is 106 Å². The number of nitrogens with zero attached hydrogens (tertiary/aromatic N) is 2. The van der Waals surface area contributed by atoms with Gasteiger partial charge in [-0.05, 0) is 41.5 Å². The highest BCUT2D eigenvalue weighted by atomic mass is 32.2. The molecule has 2 heterocycles. The highest BCUT2D eigenvalue weighted by Crippen LogP contribution is 2.33. The van der Waals surface area contributed by atoms with E-state index >= 15 is 0 Å². The van der Waals surface area contributed by atoms with Crippen LogP contribution in [0.3, 0.4) is 0 Å². The zero-order valence-electron chi connectivity index (χ0n) is 17.6. The Balaban J connectivity index is 1.59. The first-order valence-corrected chi connectivity index (χ1v) is 11.2. The Morgan fingerprint density at radius 2 is 1.68 bits per heavy atom. The van der Waals surface area contributed by atoms with Gasteiger partial charge in [-0.25, -0.2) is 14.2 Å². The molecule has 5 rings (SSSR count). The minimum absolute atomic E-state index is 0.133. The number of halogens is 1. The van der Waals surface area contributed by atoms with Gasteiger partial charge in [-0.1, -0.05) is 36.0 Å². The fourth-order valence-corrected chi connectivity index (χ4v) is 4.67. The first-order chi connectivity index (χ1) is 16.4. The third-order valence-corrected chi connectivity index (χ3v) is 6.39. The summed E-state index contributed by atoms with van der Waals surface area (Å²) in [6, 6.07) is 16.7. The number of para-hydroxylation sites is 1. The minimum atomic E-state index is -0.608. The fourth-order valence-electron chi connectivity index (χ4n) is 3.68. The second-order valence-corrected chi connectivity index (χ2v) is 8.59. The maximum atomic E-state index is 13.4. The Hall–Kier alpha value is -4.11. The van der Waals surface area contributed by atoms with Crippen LogP contribution in [0.4, 0.5) is 4.39 Å². The summed E-state index contributed by atoms with van der Waals surface area (Å²) in [6.07, 6.45) is 0. The van der Waals surface area contributed by atoms with E-state index in [0.29, 0.717) is 27.0 Å². The van der Waals surface area contributed by atoms with Crippen LogP contribution in [-0.4, -0.2) is 19.8 Å². The summed E-state index contributed by atoms with van der Waals surface area (Å²) < 4.78 is 20.0. The highest BCUT2D eigenvalue weighted by molar-refractivity contribution is 7.98. The average Bonchev–Trinajstić information content (AvgIpc) is 2.82. The number of hydrogen-bond donors (Lipinski definition) is 2. The van der Waals surface area contributed by atoms with E-state index in [0.717, 1.165) is 5.56 Å². The molecule has 0 amide bonds. The molecule has 0 saturated carbocycles. The summed E-state index contributed by atoms with van der Waals surface area (Å²) in [5.74, 6) is -0.874. The Morgan fingerprint density at radius 3 is 2.47 bits per heavy atom. The third-order valence-electron chi connectivity index (χ3n) is 5.36. The quantitative estimate of drug-likeness (QED) is 0.168. The van der Waals surface area contributed by atoms with Gasteiger partial charge in [0.15, 0.2) is 16.7 Å². The summed E-state index contributed by atoms with van der Waals surface area (Å²) in [5, 5.41) is 21.0. The number of rotatable bonds is 5. The summed E-state index contributed by atoms with van der Waals surface area (Å²) in [7, 11) is 0. The minimum Gasteiger partial charge on any atom is -0.504 e. The lowest BCUT2D eigenvalue weighted by molar-refractivity contribution is 0.403. The summed E-state index contributed by atoms with van der Waals surface area (Å²) in [5.41, 5.74) is 1.09. The SMILES string of the molecule is O=c1cc(CSc2nc3ccccc3c(=O)n2Cc2ccc(F)cc2)c2cc(O)c(O)cc2o1. The molecule has 0 aliphatic heterocycles. The molecule has 0 spiro atoms. The molecule has 2 aromatic heterocycles. The number of benzene rings is 3. The van der Waals surface area contributed by atoms with Crippen LogP contribution in [-0.2, 0) is 12.3 Å². The van der Waals surface area contributed by atoms with Gasteiger partial charge in [0.1, 0.15) is 11.4 Å². The van der Waals surface area contributed by atoms with Crippen molar-refractivity contribution in [3.63, 3.8) is 0 Å². The van der Waals surface area contributed by atoms with Crippen molar-refractivity contribution < 1.29 is 19.0 Å². The summed E-state index contributed by atoms with van der Waals surface area (Å²) in [4.78, 5) is 30.0. The van der Waals surface area contributed by atoms with E-state index < -0.39 is 11.4 Å². The maximum absolute atomic E-state index is 13.4. The lowest BCUT2D eigenvalue weighted by atomic mass is 10.1. The first kappa shape index (κ1) is 21.7. The monoisotopic (exact) mass is 476 g/mol. The molecule has 34 heavy (non-hydrogen) atoms. The average molecular weight is 476 g/mol. The molecule has 0 bridgehead atoms. The van der Waals surface area contributed by atoms with Crippen LogP contribution in [0.25, 0.3) is 21.9 Å². The smallest absolute Gasteiger partial charge is 0.336 e. The van der Waals surface area contributed by atoms with Crippen molar-refractivity contribution in [2.75, 3.05) is 0 Å². The third kappa shape index (κ3) is 4.13. The van der Waals surface area contributed by atoms with Crippen LogP contribution in [0.15, 0.2) is 85.9 Å². The number of hydrogen-bond acceptors (Lipinski definition) is 7. The van der Waals surface area contributed by atoms with E-state index in [1.165, 1.54) is 46.7 Å². The van der Waals surface area contributed by atoms with Crippen LogP contribution in [0.2, 0.25) is 0 Å². The molecule has 5 aromatic rings. The molecule has 0 saturated heterocycles. The number of aromatic nitrogens is 2. The molecule has 0 unspecified atom stereocenters. The van der Waals surface area contributed by atoms with Crippen LogP contribution in [0, 0.1) is 5.82 Å². The van der Waals surface area contributed by atoms with Crippen LogP contribution in [0.1, 0.15) is 11.1 Å². The van der Waals surface area contributed by atoms with Crippen molar-refractivity contribution in [3.05, 3.63) is 104 Å². The van der Waals surface area contributed by atoms with E-state index in [2.05, 4.69) is 4.98 Å². The Kier molecular flexibility index (Phi) is 5.54. The first-order valence-electron chi connectivity index (χ1n) is 10.2. The normalized spacial score (nSPS) is 11.3. The van der Waals surface area contributed by atoms with Crippen LogP contribution in [0.5, 0.6) is 11.5 Å². The standard InChI is InChI=1S/C25H17FN2O5S/c26-16-7-5-14(6-8-16)12-28-24(32)17-3-1-2-4-19(17)27-25(28)34-13-15-9-23(31)33-22-11-21(30)20(29)10-18(15)22/h1-11,29-30H,12-13H2. The lowest BCUT2D eigenvalue weighted by Crippen LogP contribution is -2.24. The largest absolute Gasteiger partial charge is 0.504 e. The predicted octanol–water partition coefficient (Wildman–Crippen LogP) is 4.39. The van der Waals surface area contributed by atoms with Gasteiger partial charge in [0.25, 0.3) is 5.56 Å². The fraction of sp³-hybridized carbons (Fsp3) is 0.0800. The van der Waals surface area contributed by atoms with Gasteiger partial charge in [0, 0.05) is 23.3 Å². The molecule has 9 heteroatoms. The van der Waals surface area contributed by atoms with Crippen molar-refractivity contribution >= 4 is 33.6 Å². The zero-order valence-corrected chi connectivity index (χ0v) is 18.4. The van der Waals surface area contributed by atoms with Crippen LogP contribution < -0.4 is 11.2 Å². The van der Waals surface area contributed by atoms with Gasteiger partial charge in [0.2, 0.25) is 0 Å². The van der Waals surface area contributed by atoms with Crippen molar-refractivity contribution in [1.82, 2.24) is 9.55 Å². The molecular formula is C25H17FN2O5S. The summed E-state index contributed by atoms with van der Waals surface area (Å²) >= 11 is 1.24. The molecule has 0 atom stereocenters. The molecule has 7 nitrogen and oxygen atoms in total.